The standard InChI is InChI=1S/C21H22FNO4/c1-14(24)23-9-8-19(15-2-4-17(22)5-3-15)16(11-23)12-25-18-6-7-20-21(10-18)27-13-26-20/h2-7,10,16,19H,8-9,11-13H2,1H3/t16-,19-/m0/s1. The lowest BCUT2D eigenvalue weighted by Crippen LogP contribution is -2.44. The molecule has 0 spiro atoms. The maximum atomic E-state index is 13.3. The maximum absolute atomic E-state index is 13.3. The van der Waals surface area contributed by atoms with Gasteiger partial charge in [0.05, 0.1) is 6.61 Å². The lowest BCUT2D eigenvalue weighted by Gasteiger charge is -2.38. The Bertz CT molecular complexity index is 823. The van der Waals surface area contributed by atoms with Crippen LogP contribution in [0, 0.1) is 11.7 Å². The lowest BCUT2D eigenvalue weighted by atomic mass is 9.81. The molecule has 2 aliphatic heterocycles. The second-order valence-electron chi connectivity index (χ2n) is 7.00. The van der Waals surface area contributed by atoms with E-state index in [2.05, 4.69) is 0 Å². The van der Waals surface area contributed by atoms with Crippen molar-refractivity contribution in [2.24, 2.45) is 5.92 Å². The molecule has 1 amide bonds. The normalized spacial score (nSPS) is 21.2. The van der Waals surface area contributed by atoms with E-state index < -0.39 is 0 Å². The van der Waals surface area contributed by atoms with Crippen LogP contribution in [0.4, 0.5) is 4.39 Å². The number of hydrogen-bond acceptors (Lipinski definition) is 4. The summed E-state index contributed by atoms with van der Waals surface area (Å²) in [5, 5.41) is 0. The minimum absolute atomic E-state index is 0.0700. The summed E-state index contributed by atoms with van der Waals surface area (Å²) in [5.41, 5.74) is 1.08. The van der Waals surface area contributed by atoms with Crippen LogP contribution in [0.1, 0.15) is 24.8 Å². The molecule has 142 valence electrons. The fourth-order valence-electron chi connectivity index (χ4n) is 3.81. The first-order chi connectivity index (χ1) is 13.1. The van der Waals surface area contributed by atoms with Gasteiger partial charge in [-0.25, -0.2) is 4.39 Å². The van der Waals surface area contributed by atoms with Gasteiger partial charge in [0, 0.05) is 32.0 Å². The molecule has 1 fully saturated rings. The van der Waals surface area contributed by atoms with Gasteiger partial charge in [-0.1, -0.05) is 12.1 Å². The molecule has 2 atom stereocenters. The first-order valence-electron chi connectivity index (χ1n) is 9.13. The fourth-order valence-corrected chi connectivity index (χ4v) is 3.81. The minimum Gasteiger partial charge on any atom is -0.493 e. The van der Waals surface area contributed by atoms with Crippen LogP contribution in [0.3, 0.4) is 0 Å². The molecule has 5 nitrogen and oxygen atoms in total. The van der Waals surface area contributed by atoms with Crippen LogP contribution in [0.2, 0.25) is 0 Å². The largest absolute Gasteiger partial charge is 0.493 e. The number of hydrogen-bond donors (Lipinski definition) is 0. The minimum atomic E-state index is -0.243. The zero-order chi connectivity index (χ0) is 18.8. The molecule has 2 heterocycles. The van der Waals surface area contributed by atoms with Crippen LogP contribution < -0.4 is 14.2 Å². The highest BCUT2D eigenvalue weighted by Gasteiger charge is 2.32. The number of nitrogens with zero attached hydrogens (tertiary/aromatic N) is 1. The number of carbonyl (C=O) groups excluding carboxylic acids is 1. The molecule has 27 heavy (non-hydrogen) atoms. The highest BCUT2D eigenvalue weighted by molar-refractivity contribution is 5.73. The Morgan fingerprint density at radius 3 is 2.74 bits per heavy atom. The molecule has 0 aromatic heterocycles. The smallest absolute Gasteiger partial charge is 0.231 e. The maximum Gasteiger partial charge on any atom is 0.231 e. The van der Waals surface area contributed by atoms with Gasteiger partial charge in [-0.3, -0.25) is 4.79 Å². The van der Waals surface area contributed by atoms with Gasteiger partial charge in [0.25, 0.3) is 0 Å². The molecule has 6 heteroatoms. The van der Waals surface area contributed by atoms with Gasteiger partial charge in [0.2, 0.25) is 12.7 Å². The monoisotopic (exact) mass is 371 g/mol. The van der Waals surface area contributed by atoms with Crippen molar-refractivity contribution in [2.75, 3.05) is 26.5 Å². The Morgan fingerprint density at radius 1 is 1.19 bits per heavy atom. The van der Waals surface area contributed by atoms with E-state index in [9.17, 15) is 9.18 Å². The van der Waals surface area contributed by atoms with Gasteiger partial charge in [0.15, 0.2) is 11.5 Å². The van der Waals surface area contributed by atoms with E-state index in [-0.39, 0.29) is 30.4 Å². The van der Waals surface area contributed by atoms with Gasteiger partial charge < -0.3 is 19.1 Å². The van der Waals surface area contributed by atoms with Crippen LogP contribution in [-0.2, 0) is 4.79 Å². The van der Waals surface area contributed by atoms with Crippen LogP contribution in [-0.4, -0.2) is 37.3 Å². The number of fused-ring (bicyclic) bond motifs is 1. The van der Waals surface area contributed by atoms with E-state index in [1.807, 2.05) is 35.2 Å². The molecule has 2 aromatic carbocycles. The number of ether oxygens (including phenoxy) is 3. The van der Waals surface area contributed by atoms with E-state index in [0.29, 0.717) is 36.9 Å². The van der Waals surface area contributed by atoms with E-state index in [4.69, 9.17) is 14.2 Å². The Balaban J connectivity index is 1.49. The highest BCUT2D eigenvalue weighted by Crippen LogP contribution is 2.37. The Kier molecular flexibility index (Phi) is 4.88. The fraction of sp³-hybridized carbons (Fsp3) is 0.381. The molecule has 2 aromatic rings. The van der Waals surface area contributed by atoms with Crippen molar-refractivity contribution in [3.05, 3.63) is 53.8 Å². The predicted octanol–water partition coefficient (Wildman–Crippen LogP) is 3.59. The molecule has 0 saturated carbocycles. The van der Waals surface area contributed by atoms with Crippen LogP contribution in [0.5, 0.6) is 17.2 Å². The topological polar surface area (TPSA) is 48.0 Å². The van der Waals surface area contributed by atoms with Gasteiger partial charge in [0.1, 0.15) is 11.6 Å². The summed E-state index contributed by atoms with van der Waals surface area (Å²) in [6.07, 6.45) is 0.834. The number of piperidine rings is 1. The molecule has 1 saturated heterocycles. The average Bonchev–Trinajstić information content (AvgIpc) is 3.14. The molecule has 2 aliphatic rings. The first-order valence-corrected chi connectivity index (χ1v) is 9.13. The molecule has 4 rings (SSSR count). The van der Waals surface area contributed by atoms with Crippen molar-refractivity contribution in [1.29, 1.82) is 0 Å². The Hall–Kier alpha value is -2.76. The second kappa shape index (κ2) is 7.47. The molecule has 0 aliphatic carbocycles. The number of rotatable bonds is 4. The molecule has 0 radical (unpaired) electrons. The zero-order valence-electron chi connectivity index (χ0n) is 15.2. The summed E-state index contributed by atoms with van der Waals surface area (Å²) in [6.45, 7) is 3.61. The average molecular weight is 371 g/mol. The summed E-state index contributed by atoms with van der Waals surface area (Å²) in [4.78, 5) is 13.7. The van der Waals surface area contributed by atoms with Crippen molar-refractivity contribution >= 4 is 5.91 Å². The van der Waals surface area contributed by atoms with Crippen LogP contribution in [0.15, 0.2) is 42.5 Å². The highest BCUT2D eigenvalue weighted by atomic mass is 19.1. The third kappa shape index (κ3) is 3.84. The first kappa shape index (κ1) is 17.6. The third-order valence-corrected chi connectivity index (χ3v) is 5.29. The van der Waals surface area contributed by atoms with E-state index in [0.717, 1.165) is 12.0 Å². The molecular formula is C21H22FNO4. The summed E-state index contributed by atoms with van der Waals surface area (Å²) in [5.74, 6) is 2.27. The van der Waals surface area contributed by atoms with Gasteiger partial charge >= 0.3 is 0 Å². The number of carbonyl (C=O) groups is 1. The lowest BCUT2D eigenvalue weighted by molar-refractivity contribution is -0.131. The number of amides is 1. The van der Waals surface area contributed by atoms with Gasteiger partial charge in [-0.05, 0) is 42.2 Å². The van der Waals surface area contributed by atoms with Crippen molar-refractivity contribution in [2.45, 2.75) is 19.3 Å². The predicted molar refractivity (Wildman–Crippen MR) is 97.6 cm³/mol. The summed E-state index contributed by atoms with van der Waals surface area (Å²) >= 11 is 0. The van der Waals surface area contributed by atoms with Crippen molar-refractivity contribution < 1.29 is 23.4 Å². The van der Waals surface area contributed by atoms with Crippen molar-refractivity contribution in [3.8, 4) is 17.2 Å². The number of benzene rings is 2. The van der Waals surface area contributed by atoms with E-state index in [1.54, 1.807) is 6.92 Å². The molecule has 0 N–H and O–H groups in total. The third-order valence-electron chi connectivity index (χ3n) is 5.29. The van der Waals surface area contributed by atoms with Crippen LogP contribution in [0.25, 0.3) is 0 Å². The van der Waals surface area contributed by atoms with Crippen LogP contribution >= 0.6 is 0 Å². The van der Waals surface area contributed by atoms with Gasteiger partial charge in [-0.15, -0.1) is 0 Å². The second-order valence-corrected chi connectivity index (χ2v) is 7.00. The quantitative estimate of drug-likeness (QED) is 0.824. The van der Waals surface area contributed by atoms with E-state index >= 15 is 0 Å². The van der Waals surface area contributed by atoms with Crippen molar-refractivity contribution in [3.63, 3.8) is 0 Å². The summed E-state index contributed by atoms with van der Waals surface area (Å²) < 4.78 is 30.0. The van der Waals surface area contributed by atoms with Gasteiger partial charge in [-0.2, -0.15) is 0 Å². The molecule has 0 bridgehead atoms. The number of halogens is 1. The summed E-state index contributed by atoms with van der Waals surface area (Å²) in [7, 11) is 0. The Labute approximate surface area is 157 Å². The SMILES string of the molecule is CC(=O)N1CC[C@@H](c2ccc(F)cc2)[C@H](COc2ccc3c(c2)OCO3)C1. The van der Waals surface area contributed by atoms with Crippen molar-refractivity contribution in [1.82, 2.24) is 4.90 Å². The number of likely N-dealkylation sites (tertiary alicyclic amines) is 1. The molecular weight excluding hydrogens is 349 g/mol. The zero-order valence-corrected chi connectivity index (χ0v) is 15.2. The summed E-state index contributed by atoms with van der Waals surface area (Å²) in [6, 6.07) is 12.1. The Morgan fingerprint density at radius 2 is 1.96 bits per heavy atom. The molecule has 0 unspecified atom stereocenters. The van der Waals surface area contributed by atoms with E-state index in [1.165, 1.54) is 12.1 Å².